The Bertz CT molecular complexity index is 2380. The van der Waals surface area contributed by atoms with Gasteiger partial charge >= 0.3 is 0 Å². The SMILES string of the molecule is C/C=C\C1=C(CC(C)C)C(C)(C)c2ccc(N(c3ccc4c5ccccc5n(-c5ccccc5)c4c3)c3cccc4ccccc34)cc21. The molecule has 0 atom stereocenters. The summed E-state index contributed by atoms with van der Waals surface area (Å²) in [5.41, 5.74) is 12.7. The number of fused-ring (bicyclic) bond motifs is 5. The lowest BCUT2D eigenvalue weighted by Crippen LogP contribution is -2.19. The normalized spacial score (nSPS) is 14.2. The number of hydrogen-bond acceptors (Lipinski definition) is 1. The fourth-order valence-corrected chi connectivity index (χ4v) is 8.02. The third-order valence-corrected chi connectivity index (χ3v) is 10.2. The zero-order valence-corrected chi connectivity index (χ0v) is 28.5. The van der Waals surface area contributed by atoms with E-state index >= 15 is 0 Å². The van der Waals surface area contributed by atoms with Gasteiger partial charge in [-0.05, 0) is 89.9 Å². The van der Waals surface area contributed by atoms with Crippen molar-refractivity contribution in [2.45, 2.75) is 46.5 Å². The minimum atomic E-state index is -0.0210. The van der Waals surface area contributed by atoms with Crippen LogP contribution in [0.3, 0.4) is 0 Å². The first-order valence-electron chi connectivity index (χ1n) is 17.2. The molecule has 1 heterocycles. The van der Waals surface area contributed by atoms with Crippen LogP contribution < -0.4 is 4.90 Å². The molecule has 0 N–H and O–H groups in total. The van der Waals surface area contributed by atoms with Gasteiger partial charge in [-0.3, -0.25) is 0 Å². The average Bonchev–Trinajstić information content (AvgIpc) is 3.53. The highest BCUT2D eigenvalue weighted by molar-refractivity contribution is 6.11. The van der Waals surface area contributed by atoms with Gasteiger partial charge in [0.25, 0.3) is 0 Å². The summed E-state index contributed by atoms with van der Waals surface area (Å²) in [5, 5.41) is 4.98. The number of para-hydroxylation sites is 2. The van der Waals surface area contributed by atoms with E-state index in [0.717, 1.165) is 23.5 Å². The molecule has 8 rings (SSSR count). The first-order valence-corrected chi connectivity index (χ1v) is 17.2. The third kappa shape index (κ3) is 4.78. The molecule has 48 heavy (non-hydrogen) atoms. The van der Waals surface area contributed by atoms with Gasteiger partial charge in [-0.15, -0.1) is 0 Å². The van der Waals surface area contributed by atoms with Crippen LogP contribution in [0.25, 0.3) is 43.8 Å². The molecule has 0 aliphatic heterocycles. The lowest BCUT2D eigenvalue weighted by atomic mass is 9.78. The average molecular weight is 623 g/mol. The van der Waals surface area contributed by atoms with Gasteiger partial charge in [-0.2, -0.15) is 0 Å². The summed E-state index contributed by atoms with van der Waals surface area (Å²) in [5.74, 6) is 0.587. The van der Waals surface area contributed by atoms with Crippen molar-refractivity contribution < 1.29 is 0 Å². The molecular weight excluding hydrogens is 581 g/mol. The maximum atomic E-state index is 2.47. The number of benzene rings is 6. The van der Waals surface area contributed by atoms with Crippen LogP contribution in [0.5, 0.6) is 0 Å². The molecule has 0 saturated carbocycles. The molecule has 1 aliphatic carbocycles. The van der Waals surface area contributed by atoms with Crippen LogP contribution >= 0.6 is 0 Å². The Morgan fingerprint density at radius 3 is 2.12 bits per heavy atom. The summed E-state index contributed by atoms with van der Waals surface area (Å²) in [7, 11) is 0. The molecule has 236 valence electrons. The van der Waals surface area contributed by atoms with Crippen LogP contribution in [-0.2, 0) is 5.41 Å². The van der Waals surface area contributed by atoms with Gasteiger partial charge in [0, 0.05) is 38.6 Å². The predicted octanol–water partition coefficient (Wildman–Crippen LogP) is 13.1. The molecule has 0 unspecified atom stereocenters. The molecule has 0 fully saturated rings. The topological polar surface area (TPSA) is 8.17 Å². The van der Waals surface area contributed by atoms with Crippen LogP contribution in [0, 0.1) is 5.92 Å². The van der Waals surface area contributed by atoms with E-state index in [1.54, 1.807) is 0 Å². The van der Waals surface area contributed by atoms with Crippen LogP contribution in [-0.4, -0.2) is 4.57 Å². The first kappa shape index (κ1) is 30.0. The van der Waals surface area contributed by atoms with Crippen molar-refractivity contribution >= 4 is 55.2 Å². The number of allylic oxidation sites excluding steroid dienone is 4. The molecule has 2 nitrogen and oxygen atoms in total. The molecule has 0 amide bonds. The summed E-state index contributed by atoms with van der Waals surface area (Å²) in [6.07, 6.45) is 5.62. The van der Waals surface area contributed by atoms with E-state index in [1.807, 2.05) is 0 Å². The molecule has 2 heteroatoms. The smallest absolute Gasteiger partial charge is 0.0561 e. The maximum absolute atomic E-state index is 2.47. The Morgan fingerprint density at radius 1 is 0.667 bits per heavy atom. The van der Waals surface area contributed by atoms with Gasteiger partial charge in [-0.1, -0.05) is 130 Å². The summed E-state index contributed by atoms with van der Waals surface area (Å²) >= 11 is 0. The van der Waals surface area contributed by atoms with E-state index in [-0.39, 0.29) is 5.41 Å². The van der Waals surface area contributed by atoms with E-state index in [0.29, 0.717) is 5.92 Å². The highest BCUT2D eigenvalue weighted by Crippen LogP contribution is 2.51. The van der Waals surface area contributed by atoms with Gasteiger partial charge in [0.15, 0.2) is 0 Å². The Hall–Kier alpha value is -5.34. The van der Waals surface area contributed by atoms with Crippen molar-refractivity contribution in [2.24, 2.45) is 5.92 Å². The number of hydrogen-bond donors (Lipinski definition) is 0. The number of nitrogens with zero attached hydrogens (tertiary/aromatic N) is 2. The van der Waals surface area contributed by atoms with Crippen molar-refractivity contribution in [1.82, 2.24) is 4.57 Å². The van der Waals surface area contributed by atoms with Crippen LogP contribution in [0.4, 0.5) is 17.1 Å². The quantitative estimate of drug-likeness (QED) is 0.172. The van der Waals surface area contributed by atoms with Gasteiger partial charge < -0.3 is 9.47 Å². The lowest BCUT2D eigenvalue weighted by molar-refractivity contribution is 0.544. The molecule has 0 saturated heterocycles. The first-order chi connectivity index (χ1) is 23.4. The van der Waals surface area contributed by atoms with E-state index in [1.165, 1.54) is 60.5 Å². The van der Waals surface area contributed by atoms with Crippen LogP contribution in [0.15, 0.2) is 151 Å². The second-order valence-corrected chi connectivity index (χ2v) is 14.1. The summed E-state index contributed by atoms with van der Waals surface area (Å²) in [4.78, 5) is 2.47. The highest BCUT2D eigenvalue weighted by Gasteiger charge is 2.37. The molecule has 1 aromatic heterocycles. The zero-order valence-electron chi connectivity index (χ0n) is 28.5. The van der Waals surface area contributed by atoms with Crippen molar-refractivity contribution in [3.63, 3.8) is 0 Å². The van der Waals surface area contributed by atoms with Crippen molar-refractivity contribution in [2.75, 3.05) is 4.90 Å². The summed E-state index contributed by atoms with van der Waals surface area (Å²) in [6.45, 7) is 11.6. The fourth-order valence-electron chi connectivity index (χ4n) is 8.02. The van der Waals surface area contributed by atoms with E-state index in [9.17, 15) is 0 Å². The van der Waals surface area contributed by atoms with Gasteiger partial charge in [0.05, 0.1) is 16.7 Å². The predicted molar refractivity (Wildman–Crippen MR) is 207 cm³/mol. The summed E-state index contributed by atoms with van der Waals surface area (Å²) < 4.78 is 2.41. The highest BCUT2D eigenvalue weighted by atomic mass is 15.1. The monoisotopic (exact) mass is 622 g/mol. The molecule has 7 aromatic rings. The van der Waals surface area contributed by atoms with Crippen LogP contribution in [0.1, 0.15) is 52.2 Å². The molecule has 6 aromatic carbocycles. The van der Waals surface area contributed by atoms with E-state index < -0.39 is 0 Å². The zero-order chi connectivity index (χ0) is 33.0. The Balaban J connectivity index is 1.41. The van der Waals surface area contributed by atoms with Crippen molar-refractivity contribution in [3.05, 3.63) is 162 Å². The second kappa shape index (κ2) is 11.7. The lowest BCUT2D eigenvalue weighted by Gasteiger charge is -2.29. The van der Waals surface area contributed by atoms with Crippen molar-refractivity contribution in [1.29, 1.82) is 0 Å². The number of aromatic nitrogens is 1. The van der Waals surface area contributed by atoms with E-state index in [4.69, 9.17) is 0 Å². The largest absolute Gasteiger partial charge is 0.310 e. The third-order valence-electron chi connectivity index (χ3n) is 10.2. The Morgan fingerprint density at radius 2 is 1.33 bits per heavy atom. The summed E-state index contributed by atoms with van der Waals surface area (Å²) in [6, 6.07) is 49.1. The van der Waals surface area contributed by atoms with Gasteiger partial charge in [-0.25, -0.2) is 0 Å². The van der Waals surface area contributed by atoms with E-state index in [2.05, 4.69) is 190 Å². The minimum Gasteiger partial charge on any atom is -0.310 e. The number of anilines is 3. The molecule has 0 radical (unpaired) electrons. The second-order valence-electron chi connectivity index (χ2n) is 14.1. The Kier molecular flexibility index (Phi) is 7.33. The van der Waals surface area contributed by atoms with Gasteiger partial charge in [0.1, 0.15) is 0 Å². The standard InChI is InChI=1S/C46H42N2/c1-6-15-37-40-29-34(25-27-41(40)46(4,5)42(37)28-31(2)3)47(43-23-14-17-32-16-10-11-20-36(32)43)35-24-26-39-38-21-12-13-22-44(38)48(45(39)30-35)33-18-8-7-9-19-33/h6-27,29-31H,28H2,1-5H3/b15-6-. The van der Waals surface area contributed by atoms with Crippen LogP contribution in [0.2, 0.25) is 0 Å². The molecule has 1 aliphatic rings. The number of rotatable bonds is 7. The molecule has 0 bridgehead atoms. The maximum Gasteiger partial charge on any atom is 0.0561 e. The molecule has 0 spiro atoms. The fraction of sp³-hybridized carbons (Fsp3) is 0.174. The van der Waals surface area contributed by atoms with Crippen molar-refractivity contribution in [3.8, 4) is 5.69 Å². The molecular formula is C46H42N2. The van der Waals surface area contributed by atoms with Gasteiger partial charge in [0.2, 0.25) is 0 Å². The minimum absolute atomic E-state index is 0.0210. The Labute approximate surface area is 284 Å².